The Morgan fingerprint density at radius 1 is 1.12 bits per heavy atom. The number of nitrogens with zero attached hydrogens (tertiary/aromatic N) is 2. The number of azo groups is 1. The Hall–Kier alpha value is -0.963. The van der Waals surface area contributed by atoms with E-state index in [1.807, 2.05) is 6.07 Å². The van der Waals surface area contributed by atoms with Crippen molar-refractivity contribution < 1.29 is 2.74 Å². The minimum atomic E-state index is -1.72. The molecule has 2 bridgehead atoms. The average molecular weight is 232 g/mol. The first kappa shape index (κ1) is 8.18. The van der Waals surface area contributed by atoms with Crippen LogP contribution >= 0.6 is 0 Å². The van der Waals surface area contributed by atoms with E-state index in [0.717, 1.165) is 0 Å². The number of hydrogen-bond acceptors (Lipinski definition) is 2. The molecule has 0 aromatic heterocycles. The van der Waals surface area contributed by atoms with E-state index in [1.165, 1.54) is 5.19 Å². The van der Waals surface area contributed by atoms with Crippen LogP contribution in [0.25, 0.3) is 0 Å². The molecular weight excluding hydrogens is 212 g/mol. The van der Waals surface area contributed by atoms with Gasteiger partial charge in [0.2, 0.25) is 0 Å². The molecule has 0 amide bonds. The molecule has 1 aliphatic heterocycles. The van der Waals surface area contributed by atoms with Crippen molar-refractivity contribution in [2.45, 2.75) is 43.5 Å². The zero-order chi connectivity index (χ0) is 12.9. The maximum Gasteiger partial charge on any atom is 0.0882 e. The smallest absolute Gasteiger partial charge is 0.0882 e. The van der Waals surface area contributed by atoms with Gasteiger partial charge >= 0.3 is 0 Å². The molecule has 2 nitrogen and oxygen atoms in total. The molecule has 0 N–H and O–H groups in total. The SMILES string of the molecule is [2H][C@@H]1[C@H]([2H])[C@@H]2N=N[C@H]1C2[Si](C)(C)c1ccccc1. The molecule has 1 unspecified atom stereocenters. The van der Waals surface area contributed by atoms with Crippen molar-refractivity contribution >= 4 is 13.3 Å². The second-order valence-electron chi connectivity index (χ2n) is 5.21. The van der Waals surface area contributed by atoms with E-state index in [2.05, 4.69) is 47.6 Å². The van der Waals surface area contributed by atoms with Gasteiger partial charge in [0.25, 0.3) is 0 Å². The molecule has 0 spiro atoms. The second-order valence-corrected chi connectivity index (χ2v) is 9.90. The van der Waals surface area contributed by atoms with Crippen LogP contribution in [0.5, 0.6) is 0 Å². The zero-order valence-electron chi connectivity index (χ0n) is 11.7. The predicted octanol–water partition coefficient (Wildman–Crippen LogP) is 2.97. The maximum atomic E-state index is 8.08. The standard InChI is InChI=1S/C13H18N2Si/c1-16(2,10-6-4-3-5-7-10)13-11-8-9-12(13)15-14-11/h3-7,11-13H,8-9H2,1-2H3/t11-,12+,13?/i8D,9D/t8-,9+,11-,12+,13?. The highest BCUT2D eigenvalue weighted by atomic mass is 28.3. The van der Waals surface area contributed by atoms with Crippen molar-refractivity contribution in [3.8, 4) is 0 Å². The maximum absolute atomic E-state index is 8.08. The lowest BCUT2D eigenvalue weighted by molar-refractivity contribution is 0.643. The third-order valence-electron chi connectivity index (χ3n) is 3.93. The summed E-state index contributed by atoms with van der Waals surface area (Å²) in [5.41, 5.74) is 0.324. The fraction of sp³-hybridized carbons (Fsp3) is 0.538. The number of rotatable bonds is 2. The molecule has 0 saturated heterocycles. The minimum absolute atomic E-state index is 0.0422. The predicted molar refractivity (Wildman–Crippen MR) is 69.0 cm³/mol. The molecule has 2 aliphatic rings. The van der Waals surface area contributed by atoms with Crippen LogP contribution in [0.3, 0.4) is 0 Å². The lowest BCUT2D eigenvalue weighted by Crippen LogP contribution is -2.49. The number of fused-ring (bicyclic) bond motifs is 2. The summed E-state index contributed by atoms with van der Waals surface area (Å²) in [5, 5.41) is 9.91. The topological polar surface area (TPSA) is 24.7 Å². The Kier molecular flexibility index (Phi) is 1.80. The Morgan fingerprint density at radius 2 is 1.69 bits per heavy atom. The monoisotopic (exact) mass is 232 g/mol. The zero-order valence-corrected chi connectivity index (χ0v) is 10.7. The summed E-state index contributed by atoms with van der Waals surface area (Å²) in [6.45, 7) is 4.66. The number of hydrogen-bond donors (Lipinski definition) is 0. The Balaban J connectivity index is 1.97. The Bertz CT molecular complexity index is 459. The fourth-order valence-electron chi connectivity index (χ4n) is 2.96. The van der Waals surface area contributed by atoms with Crippen LogP contribution in [-0.4, -0.2) is 20.2 Å². The third kappa shape index (κ3) is 1.38. The van der Waals surface area contributed by atoms with Crippen LogP contribution in [0.15, 0.2) is 40.6 Å². The van der Waals surface area contributed by atoms with Gasteiger partial charge in [0.05, 0.1) is 20.2 Å². The molecule has 16 heavy (non-hydrogen) atoms. The van der Waals surface area contributed by atoms with Crippen LogP contribution in [-0.2, 0) is 0 Å². The van der Waals surface area contributed by atoms with Crippen molar-refractivity contribution in [1.29, 1.82) is 0 Å². The minimum Gasteiger partial charge on any atom is -0.190 e. The molecule has 3 heteroatoms. The van der Waals surface area contributed by atoms with Gasteiger partial charge in [-0.3, -0.25) is 0 Å². The van der Waals surface area contributed by atoms with Crippen LogP contribution in [0.4, 0.5) is 0 Å². The lowest BCUT2D eigenvalue weighted by Gasteiger charge is -2.31. The summed E-state index contributed by atoms with van der Waals surface area (Å²) in [6, 6.07) is 10.5. The summed E-state index contributed by atoms with van der Waals surface area (Å²) in [6.07, 6.45) is -0.763. The lowest BCUT2D eigenvalue weighted by atomic mass is 10.2. The highest BCUT2D eigenvalue weighted by Crippen LogP contribution is 2.47. The second kappa shape index (κ2) is 3.52. The quantitative estimate of drug-likeness (QED) is 0.700. The van der Waals surface area contributed by atoms with Crippen molar-refractivity contribution in [1.82, 2.24) is 0 Å². The summed E-state index contributed by atoms with van der Waals surface area (Å²) >= 11 is 0. The molecule has 1 aromatic rings. The third-order valence-corrected chi connectivity index (χ3v) is 8.10. The van der Waals surface area contributed by atoms with Gasteiger partial charge in [-0.25, -0.2) is 0 Å². The first-order valence-corrected chi connectivity index (χ1v) is 8.91. The van der Waals surface area contributed by atoms with Crippen molar-refractivity contribution in [2.75, 3.05) is 0 Å². The van der Waals surface area contributed by atoms with Crippen LogP contribution in [0.1, 0.15) is 15.5 Å². The largest absolute Gasteiger partial charge is 0.190 e. The van der Waals surface area contributed by atoms with E-state index >= 15 is 0 Å². The van der Waals surface area contributed by atoms with Gasteiger partial charge in [-0.15, -0.1) is 0 Å². The molecule has 1 aromatic carbocycles. The summed E-state index contributed by atoms with van der Waals surface area (Å²) in [7, 11) is -1.72. The normalized spacial score (nSPS) is 43.2. The highest BCUT2D eigenvalue weighted by Gasteiger charge is 2.50. The Morgan fingerprint density at radius 3 is 2.25 bits per heavy atom. The molecule has 1 aliphatic carbocycles. The van der Waals surface area contributed by atoms with E-state index in [9.17, 15) is 0 Å². The summed E-state index contributed by atoms with van der Waals surface area (Å²) in [4.78, 5) is 0. The molecule has 1 saturated carbocycles. The van der Waals surface area contributed by atoms with Crippen LogP contribution in [0.2, 0.25) is 18.6 Å². The molecular formula is C13H18N2Si. The Labute approximate surface area is 101 Å². The van der Waals surface area contributed by atoms with Gasteiger partial charge in [-0.2, -0.15) is 10.2 Å². The summed E-state index contributed by atoms with van der Waals surface area (Å²) in [5.74, 6) is 0. The average Bonchev–Trinajstić information content (AvgIpc) is 2.91. The summed E-state index contributed by atoms with van der Waals surface area (Å²) < 4.78 is 16.2. The van der Waals surface area contributed by atoms with E-state index in [0.29, 0.717) is 5.54 Å². The van der Waals surface area contributed by atoms with Gasteiger partial charge in [0, 0.05) is 8.28 Å². The van der Waals surface area contributed by atoms with Gasteiger partial charge in [0.1, 0.15) is 0 Å². The van der Waals surface area contributed by atoms with E-state index < -0.39 is 8.07 Å². The van der Waals surface area contributed by atoms with Gasteiger partial charge in [-0.1, -0.05) is 48.6 Å². The number of benzene rings is 1. The molecule has 1 heterocycles. The molecule has 1 fully saturated rings. The van der Waals surface area contributed by atoms with Gasteiger partial charge < -0.3 is 0 Å². The van der Waals surface area contributed by atoms with Crippen LogP contribution < -0.4 is 5.19 Å². The van der Waals surface area contributed by atoms with E-state index in [1.54, 1.807) is 0 Å². The van der Waals surface area contributed by atoms with Crippen molar-refractivity contribution in [3.63, 3.8) is 0 Å². The molecule has 3 rings (SSSR count). The van der Waals surface area contributed by atoms with Crippen molar-refractivity contribution in [2.24, 2.45) is 10.2 Å². The van der Waals surface area contributed by atoms with E-state index in [4.69, 9.17) is 2.74 Å². The highest BCUT2D eigenvalue weighted by molar-refractivity contribution is 6.91. The molecule has 84 valence electrons. The van der Waals surface area contributed by atoms with Gasteiger partial charge in [-0.05, 0) is 12.8 Å². The van der Waals surface area contributed by atoms with E-state index in [-0.39, 0.29) is 24.9 Å². The molecule has 0 radical (unpaired) electrons. The van der Waals surface area contributed by atoms with Crippen LogP contribution in [0, 0.1) is 0 Å². The first-order valence-electron chi connectivity index (χ1n) is 6.99. The molecule has 5 atom stereocenters. The first-order chi connectivity index (χ1) is 8.53. The van der Waals surface area contributed by atoms with Crippen molar-refractivity contribution in [3.05, 3.63) is 30.3 Å². The fourth-order valence-corrected chi connectivity index (χ4v) is 6.46. The van der Waals surface area contributed by atoms with Gasteiger partial charge in [0.15, 0.2) is 0 Å².